The fourth-order valence-electron chi connectivity index (χ4n) is 7.29. The Hall–Kier alpha value is -5.57. The van der Waals surface area contributed by atoms with E-state index in [0.29, 0.717) is 22.6 Å². The number of non-ortho nitro benzene ring substituents is 1. The molecule has 0 bridgehead atoms. The van der Waals surface area contributed by atoms with Crippen LogP contribution in [0.25, 0.3) is 5.57 Å². The lowest BCUT2D eigenvalue weighted by Crippen LogP contribution is -2.51. The summed E-state index contributed by atoms with van der Waals surface area (Å²) in [6.07, 6.45) is 1.97. The number of nitro benzene ring substituents is 1. The van der Waals surface area contributed by atoms with E-state index in [9.17, 15) is 24.5 Å². The summed E-state index contributed by atoms with van der Waals surface area (Å²) in [5.41, 5.74) is 2.29. The molecule has 3 aliphatic rings. The number of Topliss-reactive ketones (excluding diaryl/α,β-unsaturated/α-hetero) is 2. The molecule has 0 aromatic heterocycles. The number of hydrogen-bond acceptors (Lipinski definition) is 7. The number of ether oxygens (including phenoxy) is 1. The number of para-hydroxylation sites is 2. The summed E-state index contributed by atoms with van der Waals surface area (Å²) in [5, 5.41) is 14.7. The van der Waals surface area contributed by atoms with Gasteiger partial charge in [-0.05, 0) is 42.3 Å². The third kappa shape index (κ3) is 3.75. The van der Waals surface area contributed by atoms with Gasteiger partial charge >= 0.3 is 0 Å². The molecule has 4 atom stereocenters. The number of ketones is 2. The zero-order chi connectivity index (χ0) is 30.7. The second-order valence-electron chi connectivity index (χ2n) is 11.3. The van der Waals surface area contributed by atoms with Crippen molar-refractivity contribution in [3.8, 4) is 5.75 Å². The molecule has 0 saturated carbocycles. The maximum Gasteiger partial charge on any atom is 0.270 e. The van der Waals surface area contributed by atoms with Gasteiger partial charge in [0, 0.05) is 40.2 Å². The largest absolute Gasteiger partial charge is 0.497 e. The van der Waals surface area contributed by atoms with Gasteiger partial charge in [0.1, 0.15) is 17.2 Å². The Morgan fingerprint density at radius 1 is 0.909 bits per heavy atom. The average molecular weight is 586 g/mol. The van der Waals surface area contributed by atoms with E-state index in [0.717, 1.165) is 16.8 Å². The summed E-state index contributed by atoms with van der Waals surface area (Å²) in [6.45, 7) is 1.96. The molecular weight excluding hydrogens is 558 g/mol. The average Bonchev–Trinajstić information content (AvgIpc) is 3.52. The predicted octanol–water partition coefficient (Wildman–Crippen LogP) is 5.85. The third-order valence-electron chi connectivity index (χ3n) is 9.13. The van der Waals surface area contributed by atoms with Crippen LogP contribution in [0.3, 0.4) is 0 Å². The van der Waals surface area contributed by atoms with Crippen LogP contribution in [0.2, 0.25) is 0 Å². The molecule has 3 aliphatic heterocycles. The van der Waals surface area contributed by atoms with Crippen LogP contribution in [-0.4, -0.2) is 41.6 Å². The molecule has 1 saturated heterocycles. The number of carbonyl (C=O) groups excluding carboxylic acids is 3. The molecule has 7 rings (SSSR count). The van der Waals surface area contributed by atoms with Gasteiger partial charge < -0.3 is 15.0 Å². The lowest BCUT2D eigenvalue weighted by atomic mass is 9.64. The van der Waals surface area contributed by atoms with Crippen molar-refractivity contribution in [2.75, 3.05) is 17.3 Å². The summed E-state index contributed by atoms with van der Waals surface area (Å²) in [4.78, 5) is 57.3. The normalized spacial score (nSPS) is 22.9. The second-order valence-corrected chi connectivity index (χ2v) is 11.3. The Morgan fingerprint density at radius 3 is 2.39 bits per heavy atom. The molecule has 0 radical (unpaired) electrons. The van der Waals surface area contributed by atoms with Crippen molar-refractivity contribution >= 4 is 40.1 Å². The van der Waals surface area contributed by atoms with Crippen LogP contribution in [0.1, 0.15) is 38.8 Å². The molecule has 4 aromatic carbocycles. The summed E-state index contributed by atoms with van der Waals surface area (Å²) >= 11 is 0. The Labute approximate surface area is 252 Å². The van der Waals surface area contributed by atoms with Crippen LogP contribution in [0.15, 0.2) is 103 Å². The zero-order valence-electron chi connectivity index (χ0n) is 23.9. The van der Waals surface area contributed by atoms with E-state index in [1.54, 1.807) is 36.4 Å². The molecule has 9 heteroatoms. The highest BCUT2D eigenvalue weighted by Gasteiger charge is 2.70. The van der Waals surface area contributed by atoms with Gasteiger partial charge in [-0.2, -0.15) is 0 Å². The van der Waals surface area contributed by atoms with Gasteiger partial charge in [0.05, 0.1) is 24.0 Å². The number of hydrogen-bond donors (Lipinski definition) is 1. The minimum absolute atomic E-state index is 0.0537. The number of carbonyl (C=O) groups is 3. The molecule has 218 valence electrons. The molecule has 4 aromatic rings. The number of rotatable bonds is 6. The third-order valence-corrected chi connectivity index (χ3v) is 9.13. The van der Waals surface area contributed by atoms with E-state index in [2.05, 4.69) is 5.32 Å². The molecule has 1 N–H and O–H groups in total. The van der Waals surface area contributed by atoms with Gasteiger partial charge in [-0.3, -0.25) is 24.5 Å². The lowest BCUT2D eigenvalue weighted by Gasteiger charge is -2.39. The van der Waals surface area contributed by atoms with Crippen molar-refractivity contribution < 1.29 is 24.0 Å². The number of nitrogens with zero attached hydrogens (tertiary/aromatic N) is 2. The van der Waals surface area contributed by atoms with Crippen molar-refractivity contribution in [2.24, 2.45) is 5.92 Å². The Balaban J connectivity index is 1.55. The number of allylic oxidation sites excluding steroid dienone is 1. The number of fused-ring (bicyclic) bond motifs is 6. The van der Waals surface area contributed by atoms with E-state index in [4.69, 9.17) is 4.74 Å². The van der Waals surface area contributed by atoms with Gasteiger partial charge in [0.25, 0.3) is 5.69 Å². The summed E-state index contributed by atoms with van der Waals surface area (Å²) in [5.74, 6) is -2.07. The number of anilines is 2. The first kappa shape index (κ1) is 27.3. The maximum absolute atomic E-state index is 14.9. The summed E-state index contributed by atoms with van der Waals surface area (Å²) in [6, 6.07) is 25.2. The zero-order valence-corrected chi connectivity index (χ0v) is 23.9. The minimum atomic E-state index is -1.52. The van der Waals surface area contributed by atoms with Gasteiger partial charge in [-0.1, -0.05) is 66.7 Å². The highest BCUT2D eigenvalue weighted by molar-refractivity contribution is 6.18. The van der Waals surface area contributed by atoms with Gasteiger partial charge in [-0.25, -0.2) is 0 Å². The first-order valence-electron chi connectivity index (χ1n) is 14.2. The van der Waals surface area contributed by atoms with E-state index in [1.165, 1.54) is 31.4 Å². The van der Waals surface area contributed by atoms with Crippen LogP contribution in [0.5, 0.6) is 5.75 Å². The molecule has 1 amide bonds. The molecule has 0 unspecified atom stereocenters. The van der Waals surface area contributed by atoms with Crippen molar-refractivity contribution in [1.82, 2.24) is 0 Å². The molecule has 1 spiro atoms. The first-order chi connectivity index (χ1) is 21.3. The van der Waals surface area contributed by atoms with Crippen LogP contribution in [-0.2, 0) is 10.2 Å². The van der Waals surface area contributed by atoms with E-state index in [-0.39, 0.29) is 17.0 Å². The predicted molar refractivity (Wildman–Crippen MR) is 165 cm³/mol. The minimum Gasteiger partial charge on any atom is -0.497 e. The maximum atomic E-state index is 14.9. The lowest BCUT2D eigenvalue weighted by molar-refractivity contribution is -0.384. The van der Waals surface area contributed by atoms with E-state index in [1.807, 2.05) is 54.3 Å². The van der Waals surface area contributed by atoms with Crippen molar-refractivity contribution in [3.05, 3.63) is 136 Å². The summed E-state index contributed by atoms with van der Waals surface area (Å²) in [7, 11) is 1.51. The van der Waals surface area contributed by atoms with Gasteiger partial charge in [0.15, 0.2) is 11.6 Å². The van der Waals surface area contributed by atoms with E-state index >= 15 is 0 Å². The fraction of sp³-hybridized carbons (Fsp3) is 0.171. The van der Waals surface area contributed by atoms with Crippen LogP contribution in [0.4, 0.5) is 17.1 Å². The van der Waals surface area contributed by atoms with Gasteiger partial charge in [0.2, 0.25) is 5.91 Å². The highest BCUT2D eigenvalue weighted by atomic mass is 16.6. The molecule has 0 aliphatic carbocycles. The number of nitrogens with one attached hydrogen (secondary N) is 1. The Bertz CT molecular complexity index is 1930. The van der Waals surface area contributed by atoms with Crippen LogP contribution < -0.4 is 15.0 Å². The molecule has 1 fully saturated rings. The van der Waals surface area contributed by atoms with Crippen molar-refractivity contribution in [1.29, 1.82) is 0 Å². The van der Waals surface area contributed by atoms with Crippen molar-refractivity contribution in [3.63, 3.8) is 0 Å². The van der Waals surface area contributed by atoms with Crippen molar-refractivity contribution in [2.45, 2.75) is 24.4 Å². The SMILES string of the molecule is COc1cccc(C(=O)[C@H]2[C@@H](C(=O)c3cccc([N+](=O)[O-])c3)[C@]3(C(=O)Nc4ccccc43)[C@@H]3C=C(C)c4ccccc4N32)c1. The number of amides is 1. The Kier molecular flexibility index (Phi) is 6.21. The standard InChI is InChI=1S/C35H27N3O6/c1-20-17-29-35(26-14-4-5-15-27(26)36-34(35)41)30(32(39)21-9-7-11-23(18-21)38(42)43)31(37(29)28-16-6-3-13-25(20)28)33(40)22-10-8-12-24(19-22)44-2/h3-19,29-31H,1-2H3,(H,36,41)/t29-,30-,31+,35+/m0/s1. The fourth-order valence-corrected chi connectivity index (χ4v) is 7.29. The number of methoxy groups -OCH3 is 1. The quantitative estimate of drug-likeness (QED) is 0.171. The molecular formula is C35H27N3O6. The number of nitro groups is 1. The highest BCUT2D eigenvalue weighted by Crippen LogP contribution is 2.59. The molecule has 44 heavy (non-hydrogen) atoms. The summed E-state index contributed by atoms with van der Waals surface area (Å²) < 4.78 is 5.41. The Morgan fingerprint density at radius 2 is 1.61 bits per heavy atom. The van der Waals surface area contributed by atoms with Crippen LogP contribution in [0, 0.1) is 16.0 Å². The number of benzene rings is 4. The topological polar surface area (TPSA) is 119 Å². The first-order valence-corrected chi connectivity index (χ1v) is 14.2. The molecule has 3 heterocycles. The monoisotopic (exact) mass is 585 g/mol. The van der Waals surface area contributed by atoms with E-state index < -0.39 is 40.0 Å². The second kappa shape index (κ2) is 10.0. The van der Waals surface area contributed by atoms with Crippen LogP contribution >= 0.6 is 0 Å². The molecule has 9 nitrogen and oxygen atoms in total. The van der Waals surface area contributed by atoms with Gasteiger partial charge in [-0.15, -0.1) is 0 Å². The smallest absolute Gasteiger partial charge is 0.270 e.